The molecule has 29 heavy (non-hydrogen) atoms. The summed E-state index contributed by atoms with van der Waals surface area (Å²) in [7, 11) is -1.50. The number of piperidine rings is 1. The molecule has 5 heteroatoms. The molecular formula is C24H30FNOSSi. The number of likely N-dealkylation sites (tertiary alicyclic amines) is 1. The van der Waals surface area contributed by atoms with E-state index < -0.39 is 13.7 Å². The zero-order chi connectivity index (χ0) is 20.8. The molecule has 0 aliphatic carbocycles. The smallest absolute Gasteiger partial charge is 0.130 e. The number of hydrogen-bond acceptors (Lipinski definition) is 3. The molecule has 2 nitrogen and oxygen atoms in total. The third kappa shape index (κ3) is 3.93. The summed E-state index contributed by atoms with van der Waals surface area (Å²) in [5.41, 5.74) is 0.672. The highest BCUT2D eigenvalue weighted by Crippen LogP contribution is 2.43. The summed E-state index contributed by atoms with van der Waals surface area (Å²) < 4.78 is 17.4. The topological polar surface area (TPSA) is 23.5 Å². The summed E-state index contributed by atoms with van der Waals surface area (Å²) in [5.74, 6) is -0.315. The minimum atomic E-state index is -1.50. The van der Waals surface area contributed by atoms with E-state index in [1.54, 1.807) is 17.4 Å². The number of halogens is 1. The molecule has 0 amide bonds. The van der Waals surface area contributed by atoms with Crippen LogP contribution in [0.5, 0.6) is 0 Å². The molecule has 3 aromatic rings. The van der Waals surface area contributed by atoms with Crippen molar-refractivity contribution in [2.24, 2.45) is 5.92 Å². The highest BCUT2D eigenvalue weighted by molar-refractivity contribution is 7.31. The average molecular weight is 428 g/mol. The fourth-order valence-electron chi connectivity index (χ4n) is 4.41. The van der Waals surface area contributed by atoms with E-state index in [1.807, 2.05) is 12.1 Å². The second-order valence-electron chi connectivity index (χ2n) is 9.50. The lowest BCUT2D eigenvalue weighted by molar-refractivity contribution is -0.0737. The molecule has 0 saturated carbocycles. The van der Waals surface area contributed by atoms with Crippen LogP contribution in [0, 0.1) is 11.7 Å². The largest absolute Gasteiger partial charge is 0.385 e. The Balaban J connectivity index is 1.66. The average Bonchev–Trinajstić information content (AvgIpc) is 3.10. The van der Waals surface area contributed by atoms with Crippen LogP contribution in [0.2, 0.25) is 19.6 Å². The Morgan fingerprint density at radius 2 is 1.90 bits per heavy atom. The van der Waals surface area contributed by atoms with Crippen molar-refractivity contribution in [2.75, 3.05) is 13.1 Å². The van der Waals surface area contributed by atoms with E-state index in [2.05, 4.69) is 61.8 Å². The molecule has 2 heterocycles. The van der Waals surface area contributed by atoms with Gasteiger partial charge >= 0.3 is 0 Å². The molecule has 2 unspecified atom stereocenters. The summed E-state index contributed by atoms with van der Waals surface area (Å²) in [5, 5.41) is 12.8. The van der Waals surface area contributed by atoms with Crippen molar-refractivity contribution in [3.05, 3.63) is 65.5 Å². The quantitative estimate of drug-likeness (QED) is 0.570. The van der Waals surface area contributed by atoms with Crippen molar-refractivity contribution in [2.45, 2.75) is 45.1 Å². The van der Waals surface area contributed by atoms with E-state index in [-0.39, 0.29) is 11.7 Å². The van der Waals surface area contributed by atoms with Crippen molar-refractivity contribution in [3.8, 4) is 0 Å². The normalized spacial score (nSPS) is 23.6. The van der Waals surface area contributed by atoms with Crippen molar-refractivity contribution < 1.29 is 9.50 Å². The van der Waals surface area contributed by atoms with Gasteiger partial charge in [-0.05, 0) is 34.0 Å². The Morgan fingerprint density at radius 1 is 1.17 bits per heavy atom. The molecule has 0 spiro atoms. The molecule has 154 valence electrons. The van der Waals surface area contributed by atoms with Gasteiger partial charge in [-0.1, -0.05) is 63.0 Å². The summed E-state index contributed by atoms with van der Waals surface area (Å²) in [4.78, 5) is 2.37. The second kappa shape index (κ2) is 7.62. The minimum absolute atomic E-state index is 0.0440. The van der Waals surface area contributed by atoms with Gasteiger partial charge in [-0.2, -0.15) is 0 Å². The molecule has 0 radical (unpaired) electrons. The van der Waals surface area contributed by atoms with E-state index in [4.69, 9.17) is 0 Å². The molecule has 1 aliphatic rings. The van der Waals surface area contributed by atoms with Crippen molar-refractivity contribution in [1.82, 2.24) is 4.90 Å². The Labute approximate surface area is 178 Å². The van der Waals surface area contributed by atoms with Crippen molar-refractivity contribution in [3.63, 3.8) is 0 Å². The number of fused-ring (bicyclic) bond motifs is 1. The highest BCUT2D eigenvalue weighted by atomic mass is 32.1. The third-order valence-electron chi connectivity index (χ3n) is 6.21. The highest BCUT2D eigenvalue weighted by Gasteiger charge is 2.43. The first-order valence-electron chi connectivity index (χ1n) is 10.4. The van der Waals surface area contributed by atoms with Crippen LogP contribution < -0.4 is 4.50 Å². The molecule has 1 N–H and O–H groups in total. The molecule has 1 aromatic heterocycles. The minimum Gasteiger partial charge on any atom is -0.385 e. The van der Waals surface area contributed by atoms with Gasteiger partial charge in [-0.25, -0.2) is 4.39 Å². The molecule has 1 saturated heterocycles. The summed E-state index contributed by atoms with van der Waals surface area (Å²) in [6, 6.07) is 16.0. The summed E-state index contributed by atoms with van der Waals surface area (Å²) in [6.07, 6.45) is 0.553. The fraction of sp³-hybridized carbons (Fsp3) is 0.417. The lowest BCUT2D eigenvalue weighted by Gasteiger charge is -2.44. The number of aliphatic hydroxyl groups is 1. The standard InChI is InChI=1S/C24H30FNOSSi/c1-17-15-26(16-18-8-6-5-7-9-18)13-12-24(17,27)22-20(25)11-10-19-14-21(28-23(19)22)29(2,3)4/h5-11,14,17,27H,12-13,15-16H2,1-4H3. The molecule has 1 fully saturated rings. The first-order valence-corrected chi connectivity index (χ1v) is 14.7. The zero-order valence-electron chi connectivity index (χ0n) is 17.7. The van der Waals surface area contributed by atoms with E-state index in [9.17, 15) is 5.11 Å². The SMILES string of the molecule is CC1CN(Cc2ccccc2)CCC1(O)c1c(F)ccc2cc([Si](C)(C)C)sc12. The maximum absolute atomic E-state index is 15.1. The van der Waals surface area contributed by atoms with Crippen LogP contribution in [0.15, 0.2) is 48.5 Å². The van der Waals surface area contributed by atoms with Gasteiger partial charge in [0.25, 0.3) is 0 Å². The first kappa shape index (κ1) is 20.7. The lowest BCUT2D eigenvalue weighted by atomic mass is 9.76. The number of rotatable bonds is 4. The number of benzene rings is 2. The van der Waals surface area contributed by atoms with Crippen LogP contribution in [0.3, 0.4) is 0 Å². The first-order chi connectivity index (χ1) is 13.7. The maximum atomic E-state index is 15.1. The Kier molecular flexibility index (Phi) is 5.45. The van der Waals surface area contributed by atoms with Crippen LogP contribution in [-0.2, 0) is 12.1 Å². The molecular weight excluding hydrogens is 397 g/mol. The monoisotopic (exact) mass is 427 g/mol. The Bertz CT molecular complexity index is 1010. The third-order valence-corrected chi connectivity index (χ3v) is 11.0. The van der Waals surface area contributed by atoms with Crippen LogP contribution in [0.1, 0.15) is 24.5 Å². The lowest BCUT2D eigenvalue weighted by Crippen LogP contribution is -2.49. The van der Waals surface area contributed by atoms with Gasteiger partial charge in [0.2, 0.25) is 0 Å². The summed E-state index contributed by atoms with van der Waals surface area (Å²) >= 11 is 1.69. The van der Waals surface area contributed by atoms with Crippen LogP contribution in [-0.4, -0.2) is 31.2 Å². The Hall–Kier alpha value is -1.53. The predicted octanol–water partition coefficient (Wildman–Crippen LogP) is 5.32. The Morgan fingerprint density at radius 3 is 2.55 bits per heavy atom. The molecule has 2 atom stereocenters. The van der Waals surface area contributed by atoms with Crippen LogP contribution in [0.25, 0.3) is 10.1 Å². The second-order valence-corrected chi connectivity index (χ2v) is 16.0. The maximum Gasteiger partial charge on any atom is 0.130 e. The van der Waals surface area contributed by atoms with Crippen LogP contribution >= 0.6 is 11.3 Å². The molecule has 4 rings (SSSR count). The van der Waals surface area contributed by atoms with Crippen molar-refractivity contribution in [1.29, 1.82) is 0 Å². The van der Waals surface area contributed by atoms with Gasteiger partial charge in [0, 0.05) is 35.8 Å². The van der Waals surface area contributed by atoms with Crippen LogP contribution in [0.4, 0.5) is 4.39 Å². The molecule has 0 bridgehead atoms. The number of hydrogen-bond donors (Lipinski definition) is 1. The van der Waals surface area contributed by atoms with Gasteiger partial charge in [0.1, 0.15) is 5.82 Å². The molecule has 1 aliphatic heterocycles. The van der Waals surface area contributed by atoms with Gasteiger partial charge in [-0.3, -0.25) is 4.90 Å². The summed E-state index contributed by atoms with van der Waals surface area (Å²) in [6.45, 7) is 11.4. The predicted molar refractivity (Wildman–Crippen MR) is 124 cm³/mol. The van der Waals surface area contributed by atoms with E-state index in [0.29, 0.717) is 12.0 Å². The van der Waals surface area contributed by atoms with Gasteiger partial charge < -0.3 is 5.11 Å². The van der Waals surface area contributed by atoms with Crippen molar-refractivity contribution >= 4 is 34.0 Å². The van der Waals surface area contributed by atoms with Gasteiger partial charge in [0.15, 0.2) is 0 Å². The molecule has 2 aromatic carbocycles. The van der Waals surface area contributed by atoms with Gasteiger partial charge in [-0.15, -0.1) is 11.3 Å². The fourth-order valence-corrected chi connectivity index (χ4v) is 7.56. The van der Waals surface area contributed by atoms with E-state index >= 15 is 4.39 Å². The van der Waals surface area contributed by atoms with Gasteiger partial charge in [0.05, 0.1) is 13.7 Å². The number of thiophene rings is 1. The van der Waals surface area contributed by atoms with E-state index in [1.165, 1.54) is 10.1 Å². The zero-order valence-corrected chi connectivity index (χ0v) is 19.5. The number of nitrogens with zero attached hydrogens (tertiary/aromatic N) is 1. The van der Waals surface area contributed by atoms with E-state index in [0.717, 1.165) is 29.7 Å².